The molecule has 1 aromatic heterocycles. The van der Waals surface area contributed by atoms with Crippen LogP contribution in [0.3, 0.4) is 0 Å². The van der Waals surface area contributed by atoms with Crippen LogP contribution in [0.5, 0.6) is 18.0 Å². The minimum Gasteiger partial charge on any atom is -0.480 e. The van der Waals surface area contributed by atoms with Gasteiger partial charge in [-0.25, -0.2) is 14.4 Å². The summed E-state index contributed by atoms with van der Waals surface area (Å²) in [5, 5.41) is 38.7. The van der Waals surface area contributed by atoms with E-state index in [1.54, 1.807) is 30.3 Å². The molecule has 1 heterocycles. The molecular formula is C29H32ClN5O12. The Morgan fingerprint density at radius 1 is 0.745 bits per heavy atom. The predicted molar refractivity (Wildman–Crippen MR) is 164 cm³/mol. The Bertz CT molecular complexity index is 1480. The summed E-state index contributed by atoms with van der Waals surface area (Å²) in [6.07, 6.45) is -3.99. The average molecular weight is 678 g/mol. The van der Waals surface area contributed by atoms with Gasteiger partial charge in [0.1, 0.15) is 6.54 Å². The SMILES string of the molecule is CC(Oc1nc(OC(C)C(=O)O)nc(OC(C)C(=O)O)n1)C(=O)O.Cc1ccc(N(CC(=O)O)CC(=O)Nc2ccccc2)cc1Cl. The van der Waals surface area contributed by atoms with Crippen LogP contribution in [-0.4, -0.2) is 96.6 Å². The maximum Gasteiger partial charge on any atom is 0.344 e. The maximum absolute atomic E-state index is 12.2. The molecule has 1 amide bonds. The number of aromatic nitrogens is 3. The van der Waals surface area contributed by atoms with Crippen molar-refractivity contribution in [2.75, 3.05) is 23.3 Å². The number of aryl methyl sites for hydroxylation is 1. The molecular weight excluding hydrogens is 646 g/mol. The van der Waals surface area contributed by atoms with Gasteiger partial charge in [-0.2, -0.15) is 0 Å². The third kappa shape index (κ3) is 13.0. The van der Waals surface area contributed by atoms with E-state index in [0.29, 0.717) is 16.4 Å². The molecule has 2 aromatic carbocycles. The number of nitrogens with zero attached hydrogens (tertiary/aromatic N) is 4. The fourth-order valence-electron chi connectivity index (χ4n) is 3.18. The number of ether oxygens (including phenoxy) is 3. The number of amides is 1. The van der Waals surface area contributed by atoms with Crippen molar-refractivity contribution >= 4 is 52.8 Å². The molecule has 0 fully saturated rings. The minimum absolute atomic E-state index is 0.0828. The standard InChI is InChI=1S/C17H17ClN2O3.C12H15N3O9/c1-12-7-8-14(9-15(12)18)20(11-17(22)23)10-16(21)19-13-5-3-2-4-6-13;1-4(7(16)17)22-10-13-11(23-5(2)8(18)19)15-12(14-10)24-6(3)9(20)21/h2-9H,10-11H2,1H3,(H,19,21)(H,22,23);4-6H,1-3H3,(H,16,17)(H,18,19)(H,20,21). The zero-order chi connectivity index (χ0) is 35.3. The van der Waals surface area contributed by atoms with Gasteiger partial charge >= 0.3 is 41.9 Å². The van der Waals surface area contributed by atoms with E-state index in [-0.39, 0.29) is 19.0 Å². The van der Waals surface area contributed by atoms with Crippen molar-refractivity contribution in [3.63, 3.8) is 0 Å². The van der Waals surface area contributed by atoms with Crippen LogP contribution in [0.25, 0.3) is 0 Å². The van der Waals surface area contributed by atoms with Crippen LogP contribution in [0.2, 0.25) is 5.02 Å². The number of nitrogens with one attached hydrogen (secondary N) is 1. The first-order chi connectivity index (χ1) is 22.0. The molecule has 5 N–H and O–H groups in total. The van der Waals surface area contributed by atoms with E-state index in [9.17, 15) is 24.0 Å². The molecule has 17 nitrogen and oxygen atoms in total. The van der Waals surface area contributed by atoms with E-state index >= 15 is 0 Å². The van der Waals surface area contributed by atoms with E-state index in [0.717, 1.165) is 5.56 Å². The molecule has 3 aromatic rings. The summed E-state index contributed by atoms with van der Waals surface area (Å²) in [4.78, 5) is 67.9. The Morgan fingerprint density at radius 3 is 1.57 bits per heavy atom. The van der Waals surface area contributed by atoms with Gasteiger partial charge in [-0.3, -0.25) is 9.59 Å². The fraction of sp³-hybridized carbons (Fsp3) is 0.310. The van der Waals surface area contributed by atoms with Gasteiger partial charge in [-0.1, -0.05) is 35.9 Å². The first kappa shape index (κ1) is 37.5. The number of carboxylic acids is 4. The van der Waals surface area contributed by atoms with E-state index < -0.39 is 60.2 Å². The molecule has 3 rings (SSSR count). The predicted octanol–water partition coefficient (Wildman–Crippen LogP) is 2.61. The van der Waals surface area contributed by atoms with Crippen LogP contribution in [0.4, 0.5) is 11.4 Å². The second-order valence-corrected chi connectivity index (χ2v) is 9.98. The van der Waals surface area contributed by atoms with Crippen LogP contribution in [0, 0.1) is 6.92 Å². The molecule has 18 heteroatoms. The molecule has 47 heavy (non-hydrogen) atoms. The van der Waals surface area contributed by atoms with Gasteiger partial charge in [-0.15, -0.1) is 15.0 Å². The lowest BCUT2D eigenvalue weighted by Crippen LogP contribution is -2.37. The number of anilines is 2. The topological polar surface area (TPSA) is 248 Å². The largest absolute Gasteiger partial charge is 0.480 e. The summed E-state index contributed by atoms with van der Waals surface area (Å²) in [6.45, 7) is 5.09. The number of benzene rings is 2. The molecule has 0 spiro atoms. The van der Waals surface area contributed by atoms with Crippen LogP contribution in [-0.2, 0) is 24.0 Å². The number of hydrogen-bond donors (Lipinski definition) is 5. The first-order valence-corrected chi connectivity index (χ1v) is 14.0. The maximum atomic E-state index is 12.2. The van der Waals surface area contributed by atoms with E-state index in [2.05, 4.69) is 20.3 Å². The Labute approximate surface area is 272 Å². The van der Waals surface area contributed by atoms with E-state index in [4.69, 9.17) is 46.2 Å². The van der Waals surface area contributed by atoms with E-state index in [1.165, 1.54) is 25.7 Å². The molecule has 0 saturated carbocycles. The number of carbonyl (C=O) groups excluding carboxylic acids is 1. The van der Waals surface area contributed by atoms with Crippen LogP contribution >= 0.6 is 11.6 Å². The number of halogens is 1. The zero-order valence-corrected chi connectivity index (χ0v) is 26.2. The van der Waals surface area contributed by atoms with Crippen molar-refractivity contribution in [1.82, 2.24) is 15.0 Å². The van der Waals surface area contributed by atoms with Gasteiger partial charge in [0, 0.05) is 16.4 Å². The van der Waals surface area contributed by atoms with E-state index in [1.807, 2.05) is 25.1 Å². The highest BCUT2D eigenvalue weighted by atomic mass is 35.5. The first-order valence-electron chi connectivity index (χ1n) is 13.6. The number of aliphatic carboxylic acids is 4. The van der Waals surface area contributed by atoms with Crippen LogP contribution < -0.4 is 24.4 Å². The van der Waals surface area contributed by atoms with Crippen molar-refractivity contribution in [2.45, 2.75) is 46.0 Å². The van der Waals surface area contributed by atoms with Crippen molar-refractivity contribution in [3.8, 4) is 18.0 Å². The fourth-order valence-corrected chi connectivity index (χ4v) is 3.35. The highest BCUT2D eigenvalue weighted by Crippen LogP contribution is 2.23. The molecule has 252 valence electrons. The van der Waals surface area contributed by atoms with Gasteiger partial charge < -0.3 is 44.9 Å². The highest BCUT2D eigenvalue weighted by Gasteiger charge is 2.22. The quantitative estimate of drug-likeness (QED) is 0.155. The number of carbonyl (C=O) groups is 5. The smallest absolute Gasteiger partial charge is 0.344 e. The lowest BCUT2D eigenvalue weighted by atomic mass is 10.2. The van der Waals surface area contributed by atoms with Gasteiger partial charge in [0.25, 0.3) is 0 Å². The average Bonchev–Trinajstić information content (AvgIpc) is 2.98. The Balaban J connectivity index is 0.000000327. The van der Waals surface area contributed by atoms with Crippen molar-refractivity contribution in [3.05, 3.63) is 59.1 Å². The van der Waals surface area contributed by atoms with Crippen molar-refractivity contribution in [2.24, 2.45) is 0 Å². The third-order valence-electron chi connectivity index (χ3n) is 5.70. The summed E-state index contributed by atoms with van der Waals surface area (Å²) in [5.74, 6) is -5.24. The van der Waals surface area contributed by atoms with Crippen molar-refractivity contribution < 1.29 is 58.6 Å². The molecule has 0 aliphatic carbocycles. The summed E-state index contributed by atoms with van der Waals surface area (Å²) in [6, 6.07) is 12.6. The monoisotopic (exact) mass is 677 g/mol. The Morgan fingerprint density at radius 2 is 1.19 bits per heavy atom. The summed E-state index contributed by atoms with van der Waals surface area (Å²) in [5.41, 5.74) is 2.14. The molecule has 3 atom stereocenters. The summed E-state index contributed by atoms with van der Waals surface area (Å²) >= 11 is 6.09. The van der Waals surface area contributed by atoms with Gasteiger partial charge in [0.15, 0.2) is 18.3 Å². The molecule has 0 saturated heterocycles. The van der Waals surface area contributed by atoms with Crippen molar-refractivity contribution in [1.29, 1.82) is 0 Å². The number of para-hydroxylation sites is 1. The lowest BCUT2D eigenvalue weighted by molar-refractivity contribution is -0.144. The zero-order valence-electron chi connectivity index (χ0n) is 25.5. The van der Waals surface area contributed by atoms with Gasteiger partial charge in [0.2, 0.25) is 5.91 Å². The van der Waals surface area contributed by atoms with Crippen LogP contribution in [0.15, 0.2) is 48.5 Å². The number of rotatable bonds is 15. The molecule has 0 bridgehead atoms. The summed E-state index contributed by atoms with van der Waals surface area (Å²) in [7, 11) is 0. The molecule has 0 aliphatic heterocycles. The Kier molecular flexibility index (Phi) is 14.1. The third-order valence-corrected chi connectivity index (χ3v) is 6.11. The van der Waals surface area contributed by atoms with Gasteiger partial charge in [0.05, 0.1) is 6.54 Å². The van der Waals surface area contributed by atoms with Crippen LogP contribution in [0.1, 0.15) is 26.3 Å². The summed E-state index contributed by atoms with van der Waals surface area (Å²) < 4.78 is 14.8. The highest BCUT2D eigenvalue weighted by molar-refractivity contribution is 6.31. The van der Waals surface area contributed by atoms with Gasteiger partial charge in [-0.05, 0) is 57.5 Å². The minimum atomic E-state index is -1.33. The normalized spacial score (nSPS) is 12.2. The molecule has 0 radical (unpaired) electrons. The molecule has 0 aliphatic rings. The number of hydrogen-bond acceptors (Lipinski definition) is 12. The lowest BCUT2D eigenvalue weighted by Gasteiger charge is -2.23. The second kappa shape index (κ2) is 17.7. The Hall–Kier alpha value is -5.71. The number of carboxylic acid groups (broad SMARTS) is 4. The second-order valence-electron chi connectivity index (χ2n) is 9.58. The molecule has 3 unspecified atom stereocenters.